The summed E-state index contributed by atoms with van der Waals surface area (Å²) in [4.78, 5) is 25.9. The van der Waals surface area contributed by atoms with Crippen molar-refractivity contribution in [2.45, 2.75) is 13.5 Å². The number of methoxy groups -OCH3 is 1. The van der Waals surface area contributed by atoms with Crippen LogP contribution in [0.25, 0.3) is 10.9 Å². The first-order chi connectivity index (χ1) is 15.4. The summed E-state index contributed by atoms with van der Waals surface area (Å²) in [5.74, 6) is -1.48. The molecule has 0 atom stereocenters. The zero-order chi connectivity index (χ0) is 22.8. The van der Waals surface area contributed by atoms with Crippen molar-refractivity contribution in [1.29, 1.82) is 0 Å². The van der Waals surface area contributed by atoms with Crippen molar-refractivity contribution in [2.24, 2.45) is 0 Å². The van der Waals surface area contributed by atoms with Gasteiger partial charge in [0.15, 0.2) is 0 Å². The molecule has 32 heavy (non-hydrogen) atoms. The zero-order valence-electron chi connectivity index (χ0n) is 17.5. The van der Waals surface area contributed by atoms with Gasteiger partial charge < -0.3 is 14.6 Å². The number of aromatic nitrogens is 1. The van der Waals surface area contributed by atoms with Crippen molar-refractivity contribution in [3.8, 4) is 5.75 Å². The monoisotopic (exact) mass is 450 g/mol. The van der Waals surface area contributed by atoms with E-state index in [-0.39, 0.29) is 5.56 Å². The Labute approximate surface area is 189 Å². The van der Waals surface area contributed by atoms with E-state index in [4.69, 9.17) is 16.3 Å². The van der Waals surface area contributed by atoms with Gasteiger partial charge in [0.2, 0.25) is 0 Å². The van der Waals surface area contributed by atoms with Gasteiger partial charge in [-0.2, -0.15) is 0 Å². The minimum atomic E-state index is -0.809. The minimum absolute atomic E-state index is 0.175. The molecule has 0 radical (unpaired) electrons. The van der Waals surface area contributed by atoms with Gasteiger partial charge in [-0.1, -0.05) is 29.8 Å². The molecular formula is C25H20ClFN2O3. The smallest absolute Gasteiger partial charge is 0.296 e. The average Bonchev–Trinajstić information content (AvgIpc) is 3.05. The summed E-state index contributed by atoms with van der Waals surface area (Å²) in [7, 11) is 1.51. The average molecular weight is 451 g/mol. The van der Waals surface area contributed by atoms with Gasteiger partial charge in [0.05, 0.1) is 12.7 Å². The Morgan fingerprint density at radius 3 is 2.53 bits per heavy atom. The standard InChI is InChI=1S/C25H20ClFN2O3/c1-15-23(24(30)25(31)28-19-4-3-5-20(13-19)32-2)21-12-18(27)10-11-22(21)29(15)14-16-6-8-17(26)9-7-16/h3-13H,14H2,1-2H3,(H,28,31). The first-order valence-electron chi connectivity index (χ1n) is 9.90. The Balaban J connectivity index is 1.73. The number of halogens is 2. The van der Waals surface area contributed by atoms with Crippen molar-refractivity contribution in [3.05, 3.63) is 94.4 Å². The molecule has 7 heteroatoms. The van der Waals surface area contributed by atoms with Crippen LogP contribution in [-0.2, 0) is 11.3 Å². The van der Waals surface area contributed by atoms with Crippen molar-refractivity contribution < 1.29 is 18.7 Å². The number of nitrogens with one attached hydrogen (secondary N) is 1. The number of hydrogen-bond acceptors (Lipinski definition) is 3. The summed E-state index contributed by atoms with van der Waals surface area (Å²) in [6.45, 7) is 2.19. The number of anilines is 1. The van der Waals surface area contributed by atoms with Crippen molar-refractivity contribution in [2.75, 3.05) is 12.4 Å². The number of amides is 1. The molecule has 1 N–H and O–H groups in total. The zero-order valence-corrected chi connectivity index (χ0v) is 18.2. The Hall–Kier alpha value is -3.64. The molecule has 0 aliphatic carbocycles. The van der Waals surface area contributed by atoms with Crippen LogP contribution in [0.1, 0.15) is 21.6 Å². The maximum Gasteiger partial charge on any atom is 0.296 e. The predicted octanol–water partition coefficient (Wildman–Crippen LogP) is 5.62. The Morgan fingerprint density at radius 2 is 1.81 bits per heavy atom. The number of fused-ring (bicyclic) bond motifs is 1. The molecule has 1 heterocycles. The third-order valence-corrected chi connectivity index (χ3v) is 5.55. The topological polar surface area (TPSA) is 60.3 Å². The fourth-order valence-electron chi connectivity index (χ4n) is 3.72. The highest BCUT2D eigenvalue weighted by Crippen LogP contribution is 2.29. The molecule has 0 fully saturated rings. The van der Waals surface area contributed by atoms with E-state index >= 15 is 0 Å². The van der Waals surface area contributed by atoms with Gasteiger partial charge in [-0.3, -0.25) is 9.59 Å². The summed E-state index contributed by atoms with van der Waals surface area (Å²) in [6, 6.07) is 18.3. The quantitative estimate of drug-likeness (QED) is 0.306. The summed E-state index contributed by atoms with van der Waals surface area (Å²) >= 11 is 5.98. The highest BCUT2D eigenvalue weighted by molar-refractivity contribution is 6.48. The van der Waals surface area contributed by atoms with Crippen LogP contribution in [0.15, 0.2) is 66.7 Å². The van der Waals surface area contributed by atoms with Crippen LogP contribution < -0.4 is 10.1 Å². The van der Waals surface area contributed by atoms with E-state index in [0.29, 0.717) is 39.6 Å². The number of rotatable bonds is 6. The van der Waals surface area contributed by atoms with Gasteiger partial charge in [0.25, 0.3) is 11.7 Å². The van der Waals surface area contributed by atoms with E-state index in [1.54, 1.807) is 49.4 Å². The molecule has 0 aliphatic rings. The van der Waals surface area contributed by atoms with Gasteiger partial charge in [-0.25, -0.2) is 4.39 Å². The van der Waals surface area contributed by atoms with Gasteiger partial charge in [0, 0.05) is 39.9 Å². The molecule has 0 saturated heterocycles. The maximum atomic E-state index is 14.1. The second kappa shape index (κ2) is 8.85. The largest absolute Gasteiger partial charge is 0.497 e. The first-order valence-corrected chi connectivity index (χ1v) is 10.3. The lowest BCUT2D eigenvalue weighted by Crippen LogP contribution is -2.23. The van der Waals surface area contributed by atoms with Crippen molar-refractivity contribution in [1.82, 2.24) is 4.57 Å². The second-order valence-electron chi connectivity index (χ2n) is 7.35. The lowest BCUT2D eigenvalue weighted by Gasteiger charge is -2.09. The summed E-state index contributed by atoms with van der Waals surface area (Å²) in [5, 5.41) is 3.61. The number of nitrogens with zero attached hydrogens (tertiary/aromatic N) is 1. The molecular weight excluding hydrogens is 431 g/mol. The van der Waals surface area contributed by atoms with Crippen LogP contribution in [-0.4, -0.2) is 23.4 Å². The van der Waals surface area contributed by atoms with Gasteiger partial charge in [0.1, 0.15) is 11.6 Å². The maximum absolute atomic E-state index is 14.1. The van der Waals surface area contributed by atoms with E-state index < -0.39 is 17.5 Å². The Kier molecular flexibility index (Phi) is 5.97. The van der Waals surface area contributed by atoms with Crippen LogP contribution >= 0.6 is 11.6 Å². The molecule has 162 valence electrons. The number of carbonyl (C=O) groups excluding carboxylic acids is 2. The summed E-state index contributed by atoms with van der Waals surface area (Å²) in [5.41, 5.74) is 2.80. The fraction of sp³-hybridized carbons (Fsp3) is 0.120. The van der Waals surface area contributed by atoms with Crippen LogP contribution in [0, 0.1) is 12.7 Å². The number of hydrogen-bond donors (Lipinski definition) is 1. The first kappa shape index (κ1) is 21.6. The Morgan fingerprint density at radius 1 is 1.06 bits per heavy atom. The molecule has 0 saturated carbocycles. The third-order valence-electron chi connectivity index (χ3n) is 5.30. The predicted molar refractivity (Wildman–Crippen MR) is 123 cm³/mol. The second-order valence-corrected chi connectivity index (χ2v) is 7.79. The molecule has 4 rings (SSSR count). The molecule has 0 unspecified atom stereocenters. The minimum Gasteiger partial charge on any atom is -0.497 e. The van der Waals surface area contributed by atoms with E-state index in [1.165, 1.54) is 19.2 Å². The SMILES string of the molecule is COc1cccc(NC(=O)C(=O)c2c(C)n(Cc3ccc(Cl)cc3)c3ccc(F)cc23)c1. The third kappa shape index (κ3) is 4.22. The lowest BCUT2D eigenvalue weighted by atomic mass is 10.1. The number of benzene rings is 3. The van der Waals surface area contributed by atoms with Gasteiger partial charge in [-0.15, -0.1) is 0 Å². The van der Waals surface area contributed by atoms with Crippen molar-refractivity contribution in [3.63, 3.8) is 0 Å². The summed E-state index contributed by atoms with van der Waals surface area (Å²) < 4.78 is 21.1. The number of ether oxygens (including phenoxy) is 1. The molecule has 0 aliphatic heterocycles. The molecule has 0 bridgehead atoms. The van der Waals surface area contributed by atoms with Crippen LogP contribution in [0.3, 0.4) is 0 Å². The molecule has 3 aromatic carbocycles. The molecule has 1 amide bonds. The number of carbonyl (C=O) groups is 2. The highest BCUT2D eigenvalue weighted by Gasteiger charge is 2.26. The van der Waals surface area contributed by atoms with E-state index in [1.807, 2.05) is 16.7 Å². The van der Waals surface area contributed by atoms with Crippen molar-refractivity contribution >= 4 is 39.9 Å². The highest BCUT2D eigenvalue weighted by atomic mass is 35.5. The molecule has 0 spiro atoms. The summed E-state index contributed by atoms with van der Waals surface area (Å²) in [6.07, 6.45) is 0. The number of Topliss-reactive ketones (excluding diaryl/α,β-unsaturated/α-hetero) is 1. The number of ketones is 1. The Bertz CT molecular complexity index is 1330. The van der Waals surface area contributed by atoms with Crippen LogP contribution in [0.5, 0.6) is 5.75 Å². The molecule has 4 aromatic rings. The van der Waals surface area contributed by atoms with E-state index in [0.717, 1.165) is 5.56 Å². The fourth-order valence-corrected chi connectivity index (χ4v) is 3.85. The normalized spacial score (nSPS) is 10.9. The van der Waals surface area contributed by atoms with Crippen LogP contribution in [0.2, 0.25) is 5.02 Å². The van der Waals surface area contributed by atoms with Gasteiger partial charge in [-0.05, 0) is 55.0 Å². The lowest BCUT2D eigenvalue weighted by molar-refractivity contribution is -0.112. The van der Waals surface area contributed by atoms with Gasteiger partial charge >= 0.3 is 0 Å². The van der Waals surface area contributed by atoms with E-state index in [2.05, 4.69) is 5.32 Å². The molecule has 5 nitrogen and oxygen atoms in total. The van der Waals surface area contributed by atoms with E-state index in [9.17, 15) is 14.0 Å². The van der Waals surface area contributed by atoms with Crippen LogP contribution in [0.4, 0.5) is 10.1 Å². The molecule has 1 aromatic heterocycles.